The summed E-state index contributed by atoms with van der Waals surface area (Å²) in [5.41, 5.74) is 5.56. The highest BCUT2D eigenvalue weighted by molar-refractivity contribution is 5.85. The Hall–Kier alpha value is -0.320. The van der Waals surface area contributed by atoms with Crippen LogP contribution in [0.4, 0.5) is 0 Å². The summed E-state index contributed by atoms with van der Waals surface area (Å²) in [5.74, 6) is 0.611. The second-order valence-corrected chi connectivity index (χ2v) is 4.24. The molecule has 2 unspecified atom stereocenters. The van der Waals surface area contributed by atoms with Crippen molar-refractivity contribution in [2.45, 2.75) is 25.4 Å². The highest BCUT2D eigenvalue weighted by Crippen LogP contribution is 2.20. The zero-order valence-corrected chi connectivity index (χ0v) is 9.67. The SMILES string of the molecule is Cl.NCC1CC(=O)N(CC2CCCO2)C1. The third-order valence-electron chi connectivity index (χ3n) is 3.08. The number of carbonyl (C=O) groups is 1. The first-order valence-electron chi connectivity index (χ1n) is 5.39. The van der Waals surface area contributed by atoms with Gasteiger partial charge in [-0.3, -0.25) is 4.79 Å². The minimum Gasteiger partial charge on any atom is -0.376 e. The van der Waals surface area contributed by atoms with Crippen molar-refractivity contribution < 1.29 is 9.53 Å². The first kappa shape index (κ1) is 12.7. The Morgan fingerprint density at radius 1 is 1.53 bits per heavy atom. The molecule has 0 bridgehead atoms. The lowest BCUT2D eigenvalue weighted by molar-refractivity contribution is -0.129. The van der Waals surface area contributed by atoms with Crippen molar-refractivity contribution in [3.63, 3.8) is 0 Å². The van der Waals surface area contributed by atoms with Crippen LogP contribution in [0.15, 0.2) is 0 Å². The summed E-state index contributed by atoms with van der Waals surface area (Å²) in [6, 6.07) is 0. The lowest BCUT2D eigenvalue weighted by atomic mass is 10.1. The van der Waals surface area contributed by atoms with Crippen molar-refractivity contribution in [1.82, 2.24) is 4.90 Å². The zero-order chi connectivity index (χ0) is 9.97. The first-order chi connectivity index (χ1) is 6.79. The number of nitrogens with two attached hydrogens (primary N) is 1. The van der Waals surface area contributed by atoms with E-state index in [0.717, 1.165) is 32.5 Å². The summed E-state index contributed by atoms with van der Waals surface area (Å²) >= 11 is 0. The molecule has 0 aliphatic carbocycles. The van der Waals surface area contributed by atoms with E-state index in [4.69, 9.17) is 10.5 Å². The van der Waals surface area contributed by atoms with E-state index in [0.29, 0.717) is 18.9 Å². The molecule has 4 nitrogen and oxygen atoms in total. The monoisotopic (exact) mass is 234 g/mol. The number of hydrogen-bond acceptors (Lipinski definition) is 3. The van der Waals surface area contributed by atoms with Crippen molar-refractivity contribution in [2.24, 2.45) is 11.7 Å². The summed E-state index contributed by atoms with van der Waals surface area (Å²) in [7, 11) is 0. The van der Waals surface area contributed by atoms with Crippen LogP contribution in [0.2, 0.25) is 0 Å². The van der Waals surface area contributed by atoms with Crippen LogP contribution in [-0.2, 0) is 9.53 Å². The third-order valence-corrected chi connectivity index (χ3v) is 3.08. The number of amides is 1. The number of carbonyl (C=O) groups excluding carboxylic acids is 1. The van der Waals surface area contributed by atoms with Crippen LogP contribution in [-0.4, -0.2) is 43.2 Å². The highest BCUT2D eigenvalue weighted by atomic mass is 35.5. The maximum Gasteiger partial charge on any atom is 0.223 e. The Labute approximate surface area is 96.5 Å². The van der Waals surface area contributed by atoms with Gasteiger partial charge in [-0.25, -0.2) is 0 Å². The predicted molar refractivity (Wildman–Crippen MR) is 60.0 cm³/mol. The van der Waals surface area contributed by atoms with Gasteiger partial charge in [0.25, 0.3) is 0 Å². The standard InChI is InChI=1S/C10H18N2O2.ClH/c11-5-8-4-10(13)12(6-8)7-9-2-1-3-14-9;/h8-9H,1-7,11H2;1H. The molecule has 0 saturated carbocycles. The van der Waals surface area contributed by atoms with E-state index in [9.17, 15) is 4.79 Å². The van der Waals surface area contributed by atoms with Gasteiger partial charge < -0.3 is 15.4 Å². The number of halogens is 1. The van der Waals surface area contributed by atoms with Gasteiger partial charge >= 0.3 is 0 Å². The van der Waals surface area contributed by atoms with Crippen LogP contribution in [0.25, 0.3) is 0 Å². The number of nitrogens with zero attached hydrogens (tertiary/aromatic N) is 1. The van der Waals surface area contributed by atoms with Crippen LogP contribution < -0.4 is 5.73 Å². The minimum atomic E-state index is 0. The Morgan fingerprint density at radius 3 is 2.87 bits per heavy atom. The fraction of sp³-hybridized carbons (Fsp3) is 0.900. The molecule has 2 N–H and O–H groups in total. The summed E-state index contributed by atoms with van der Waals surface area (Å²) in [6.45, 7) is 3.07. The van der Waals surface area contributed by atoms with Crippen LogP contribution in [0.3, 0.4) is 0 Å². The maximum atomic E-state index is 11.5. The second kappa shape index (κ2) is 5.68. The number of ether oxygens (including phenoxy) is 1. The Balaban J connectivity index is 0.00000112. The largest absolute Gasteiger partial charge is 0.376 e. The van der Waals surface area contributed by atoms with Gasteiger partial charge in [0.05, 0.1) is 6.10 Å². The quantitative estimate of drug-likeness (QED) is 0.769. The van der Waals surface area contributed by atoms with Gasteiger partial charge in [0.1, 0.15) is 0 Å². The molecule has 2 atom stereocenters. The van der Waals surface area contributed by atoms with Crippen LogP contribution >= 0.6 is 12.4 Å². The lowest BCUT2D eigenvalue weighted by Gasteiger charge is -2.20. The van der Waals surface area contributed by atoms with Gasteiger partial charge in [-0.1, -0.05) is 0 Å². The van der Waals surface area contributed by atoms with Gasteiger partial charge in [-0.05, 0) is 25.3 Å². The number of hydrogen-bond donors (Lipinski definition) is 1. The average molecular weight is 235 g/mol. The van der Waals surface area contributed by atoms with Crippen molar-refractivity contribution in [3.05, 3.63) is 0 Å². The summed E-state index contributed by atoms with van der Waals surface area (Å²) in [4.78, 5) is 13.5. The summed E-state index contributed by atoms with van der Waals surface area (Å²) in [6.07, 6.45) is 3.13. The second-order valence-electron chi connectivity index (χ2n) is 4.24. The van der Waals surface area contributed by atoms with E-state index < -0.39 is 0 Å². The van der Waals surface area contributed by atoms with E-state index in [-0.39, 0.29) is 24.4 Å². The number of likely N-dealkylation sites (tertiary alicyclic amines) is 1. The van der Waals surface area contributed by atoms with Crippen molar-refractivity contribution >= 4 is 18.3 Å². The molecule has 2 heterocycles. The molecule has 0 aromatic heterocycles. The third kappa shape index (κ3) is 3.06. The minimum absolute atomic E-state index is 0. The lowest BCUT2D eigenvalue weighted by Crippen LogP contribution is -2.33. The maximum absolute atomic E-state index is 11.5. The molecule has 2 aliphatic rings. The van der Waals surface area contributed by atoms with E-state index in [2.05, 4.69) is 0 Å². The molecule has 2 fully saturated rings. The Bertz CT molecular complexity index is 219. The molecule has 0 aromatic carbocycles. The normalized spacial score (nSPS) is 30.7. The molecule has 1 amide bonds. The molecule has 0 radical (unpaired) electrons. The van der Waals surface area contributed by atoms with Gasteiger partial charge in [0.15, 0.2) is 0 Å². The molecule has 2 aliphatic heterocycles. The van der Waals surface area contributed by atoms with Gasteiger partial charge in [0, 0.05) is 26.1 Å². The van der Waals surface area contributed by atoms with Crippen molar-refractivity contribution in [2.75, 3.05) is 26.2 Å². The molecular weight excluding hydrogens is 216 g/mol. The van der Waals surface area contributed by atoms with Crippen LogP contribution in [0, 0.1) is 5.92 Å². The molecule has 15 heavy (non-hydrogen) atoms. The summed E-state index contributed by atoms with van der Waals surface area (Å²) in [5, 5.41) is 0. The van der Waals surface area contributed by atoms with E-state index in [1.165, 1.54) is 0 Å². The summed E-state index contributed by atoms with van der Waals surface area (Å²) < 4.78 is 5.51. The van der Waals surface area contributed by atoms with E-state index >= 15 is 0 Å². The molecule has 2 saturated heterocycles. The molecule has 0 spiro atoms. The Kier molecular flexibility index (Phi) is 4.83. The fourth-order valence-corrected chi connectivity index (χ4v) is 2.22. The Morgan fingerprint density at radius 2 is 2.33 bits per heavy atom. The van der Waals surface area contributed by atoms with E-state index in [1.807, 2.05) is 4.90 Å². The van der Waals surface area contributed by atoms with Gasteiger partial charge in [-0.15, -0.1) is 12.4 Å². The van der Waals surface area contributed by atoms with E-state index in [1.54, 1.807) is 0 Å². The highest BCUT2D eigenvalue weighted by Gasteiger charge is 2.31. The molecule has 0 aromatic rings. The van der Waals surface area contributed by atoms with Gasteiger partial charge in [0.2, 0.25) is 5.91 Å². The van der Waals surface area contributed by atoms with Crippen molar-refractivity contribution in [1.29, 1.82) is 0 Å². The fourth-order valence-electron chi connectivity index (χ4n) is 2.22. The van der Waals surface area contributed by atoms with Crippen LogP contribution in [0.1, 0.15) is 19.3 Å². The molecular formula is C10H19ClN2O2. The molecule has 2 rings (SSSR count). The molecule has 88 valence electrons. The van der Waals surface area contributed by atoms with Crippen LogP contribution in [0.5, 0.6) is 0 Å². The number of rotatable bonds is 3. The van der Waals surface area contributed by atoms with Crippen molar-refractivity contribution in [3.8, 4) is 0 Å². The smallest absolute Gasteiger partial charge is 0.223 e. The predicted octanol–water partition coefficient (Wildman–Crippen LogP) is 0.394. The molecule has 5 heteroatoms. The van der Waals surface area contributed by atoms with Gasteiger partial charge in [-0.2, -0.15) is 0 Å². The zero-order valence-electron chi connectivity index (χ0n) is 8.85. The first-order valence-corrected chi connectivity index (χ1v) is 5.39. The average Bonchev–Trinajstić information content (AvgIpc) is 2.78. The topological polar surface area (TPSA) is 55.6 Å².